The lowest BCUT2D eigenvalue weighted by atomic mass is 10.1. The van der Waals surface area contributed by atoms with Crippen LogP contribution >= 0.6 is 11.8 Å². The normalized spacial score (nSPS) is 34.9. The minimum Gasteiger partial charge on any atom is -0.390 e. The van der Waals surface area contributed by atoms with Crippen molar-refractivity contribution in [1.29, 1.82) is 0 Å². The predicted molar refractivity (Wildman–Crippen MR) is 63.3 cm³/mol. The van der Waals surface area contributed by atoms with Crippen LogP contribution in [0.3, 0.4) is 0 Å². The third-order valence-corrected chi connectivity index (χ3v) is 3.89. The van der Waals surface area contributed by atoms with Gasteiger partial charge in [0.25, 0.3) is 0 Å². The molecule has 0 bridgehead atoms. The van der Waals surface area contributed by atoms with Crippen LogP contribution in [0.4, 0.5) is 0 Å². The van der Waals surface area contributed by atoms with Crippen molar-refractivity contribution >= 4 is 11.8 Å². The van der Waals surface area contributed by atoms with Gasteiger partial charge in [0, 0.05) is 11.3 Å². The molecule has 3 nitrogen and oxygen atoms in total. The Hall–Kier alpha value is -0.550. The summed E-state index contributed by atoms with van der Waals surface area (Å²) >= 11 is 1.50. The highest BCUT2D eigenvalue weighted by molar-refractivity contribution is 7.99. The highest BCUT2D eigenvalue weighted by atomic mass is 32.2. The average Bonchev–Trinajstić information content (AvgIpc) is 2.27. The highest BCUT2D eigenvalue weighted by Crippen LogP contribution is 2.32. The lowest BCUT2D eigenvalue weighted by Crippen LogP contribution is -2.44. The van der Waals surface area contributed by atoms with Gasteiger partial charge in [-0.15, -0.1) is 0 Å². The van der Waals surface area contributed by atoms with Crippen LogP contribution in [0.5, 0.6) is 0 Å². The smallest absolute Gasteiger partial charge is 0.134 e. The average molecular weight is 240 g/mol. The van der Waals surface area contributed by atoms with Crippen molar-refractivity contribution in [2.45, 2.75) is 42.0 Å². The molecule has 0 aromatic heterocycles. The van der Waals surface area contributed by atoms with Crippen molar-refractivity contribution in [2.24, 2.45) is 0 Å². The van der Waals surface area contributed by atoms with E-state index in [2.05, 4.69) is 0 Å². The molecule has 2 N–H and O–H groups in total. The third kappa shape index (κ3) is 2.77. The van der Waals surface area contributed by atoms with Gasteiger partial charge in [-0.1, -0.05) is 30.0 Å². The minimum atomic E-state index is -0.614. The lowest BCUT2D eigenvalue weighted by Gasteiger charge is -2.35. The molecule has 1 fully saturated rings. The first-order valence-corrected chi connectivity index (χ1v) is 6.28. The fraction of sp³-hybridized carbons (Fsp3) is 0.500. The number of aliphatic hydroxyl groups excluding tert-OH is 2. The number of thioether (sulfide) groups is 1. The van der Waals surface area contributed by atoms with Gasteiger partial charge in [0.2, 0.25) is 0 Å². The molecule has 1 heterocycles. The molecule has 88 valence electrons. The van der Waals surface area contributed by atoms with Crippen molar-refractivity contribution in [3.05, 3.63) is 30.3 Å². The van der Waals surface area contributed by atoms with Gasteiger partial charge in [-0.05, 0) is 19.1 Å². The van der Waals surface area contributed by atoms with E-state index in [1.165, 1.54) is 11.8 Å². The van der Waals surface area contributed by atoms with Gasteiger partial charge in [0.05, 0.1) is 18.3 Å². The van der Waals surface area contributed by atoms with Crippen molar-refractivity contribution in [3.8, 4) is 0 Å². The van der Waals surface area contributed by atoms with E-state index >= 15 is 0 Å². The summed E-state index contributed by atoms with van der Waals surface area (Å²) in [6, 6.07) is 9.83. The molecule has 1 aromatic rings. The Morgan fingerprint density at radius 3 is 2.56 bits per heavy atom. The molecule has 0 spiro atoms. The first kappa shape index (κ1) is 11.9. The van der Waals surface area contributed by atoms with E-state index in [4.69, 9.17) is 4.74 Å². The van der Waals surface area contributed by atoms with Crippen molar-refractivity contribution in [1.82, 2.24) is 0 Å². The predicted octanol–water partition coefficient (Wildman–Crippen LogP) is 1.64. The van der Waals surface area contributed by atoms with E-state index in [-0.39, 0.29) is 11.5 Å². The Kier molecular flexibility index (Phi) is 3.86. The molecule has 1 aliphatic rings. The maximum absolute atomic E-state index is 9.81. The summed E-state index contributed by atoms with van der Waals surface area (Å²) in [6.45, 7) is 1.83. The first-order chi connectivity index (χ1) is 7.66. The number of hydrogen-bond donors (Lipinski definition) is 2. The maximum Gasteiger partial charge on any atom is 0.134 e. The minimum absolute atomic E-state index is 0.218. The van der Waals surface area contributed by atoms with Crippen LogP contribution in [0, 0.1) is 0 Å². The molecule has 4 heteroatoms. The summed E-state index contributed by atoms with van der Waals surface area (Å²) < 4.78 is 5.58. The molecule has 4 atom stereocenters. The summed E-state index contributed by atoms with van der Waals surface area (Å²) in [6.07, 6.45) is -1.02. The Morgan fingerprint density at radius 1 is 1.19 bits per heavy atom. The molecule has 0 unspecified atom stereocenters. The molecule has 0 saturated carbocycles. The van der Waals surface area contributed by atoms with E-state index in [0.29, 0.717) is 6.42 Å². The second-order valence-electron chi connectivity index (χ2n) is 4.01. The van der Waals surface area contributed by atoms with Crippen LogP contribution in [0.25, 0.3) is 0 Å². The van der Waals surface area contributed by atoms with Crippen LogP contribution in [0.15, 0.2) is 35.2 Å². The van der Waals surface area contributed by atoms with Gasteiger partial charge in [0.15, 0.2) is 0 Å². The van der Waals surface area contributed by atoms with E-state index in [9.17, 15) is 10.2 Å². The van der Waals surface area contributed by atoms with Gasteiger partial charge in [-0.2, -0.15) is 0 Å². The number of rotatable bonds is 2. The summed E-state index contributed by atoms with van der Waals surface area (Å²) in [4.78, 5) is 1.06. The van der Waals surface area contributed by atoms with Crippen molar-refractivity contribution < 1.29 is 14.9 Å². The quantitative estimate of drug-likeness (QED) is 0.825. The standard InChI is InChI=1S/C12H16O3S/c1-8-10(13)7-11(14)12(15-8)16-9-5-3-2-4-6-9/h2-6,8,10-14H,7H2,1H3/t8-,10-,11-,12+/m0/s1. The van der Waals surface area contributed by atoms with E-state index in [0.717, 1.165) is 4.90 Å². The lowest BCUT2D eigenvalue weighted by molar-refractivity contribution is -0.129. The first-order valence-electron chi connectivity index (χ1n) is 5.40. The zero-order valence-corrected chi connectivity index (χ0v) is 9.93. The fourth-order valence-electron chi connectivity index (χ4n) is 1.68. The molecule has 0 aliphatic carbocycles. The summed E-state index contributed by atoms with van der Waals surface area (Å²) in [5, 5.41) is 19.4. The SMILES string of the molecule is C[C@@H]1O[C@H](Sc2ccccc2)[C@@H](O)C[C@@H]1O. The second kappa shape index (κ2) is 5.19. The molecule has 2 rings (SSSR count). The van der Waals surface area contributed by atoms with Crippen LogP contribution in [0.2, 0.25) is 0 Å². The number of ether oxygens (including phenoxy) is 1. The molecule has 0 amide bonds. The number of benzene rings is 1. The summed E-state index contributed by atoms with van der Waals surface area (Å²) in [7, 11) is 0. The summed E-state index contributed by atoms with van der Waals surface area (Å²) in [5.74, 6) is 0. The Balaban J connectivity index is 2.00. The van der Waals surface area contributed by atoms with Gasteiger partial charge in [-0.25, -0.2) is 0 Å². The van der Waals surface area contributed by atoms with Crippen LogP contribution < -0.4 is 0 Å². The summed E-state index contributed by atoms with van der Waals surface area (Å²) in [5.41, 5.74) is -0.291. The van der Waals surface area contributed by atoms with E-state index in [1.807, 2.05) is 37.3 Å². The Labute approximate surface area is 99.4 Å². The molecule has 0 radical (unpaired) electrons. The molecule has 1 aliphatic heterocycles. The van der Waals surface area contributed by atoms with Crippen molar-refractivity contribution in [3.63, 3.8) is 0 Å². The van der Waals surface area contributed by atoms with Crippen LogP contribution in [-0.4, -0.2) is 34.0 Å². The monoisotopic (exact) mass is 240 g/mol. The number of aliphatic hydroxyl groups is 2. The zero-order chi connectivity index (χ0) is 11.5. The number of hydrogen-bond acceptors (Lipinski definition) is 4. The fourth-order valence-corrected chi connectivity index (χ4v) is 2.76. The second-order valence-corrected chi connectivity index (χ2v) is 5.18. The Bertz CT molecular complexity index is 330. The molecular weight excluding hydrogens is 224 g/mol. The Morgan fingerprint density at radius 2 is 1.88 bits per heavy atom. The topological polar surface area (TPSA) is 49.7 Å². The van der Waals surface area contributed by atoms with Gasteiger partial charge >= 0.3 is 0 Å². The third-order valence-electron chi connectivity index (χ3n) is 2.68. The molecular formula is C12H16O3S. The molecule has 16 heavy (non-hydrogen) atoms. The van der Waals surface area contributed by atoms with E-state index in [1.54, 1.807) is 0 Å². The van der Waals surface area contributed by atoms with Crippen LogP contribution in [-0.2, 0) is 4.74 Å². The van der Waals surface area contributed by atoms with E-state index < -0.39 is 12.2 Å². The molecule has 1 aromatic carbocycles. The van der Waals surface area contributed by atoms with Gasteiger partial charge < -0.3 is 14.9 Å². The van der Waals surface area contributed by atoms with Gasteiger partial charge in [-0.3, -0.25) is 0 Å². The largest absolute Gasteiger partial charge is 0.390 e. The molecule has 1 saturated heterocycles. The highest BCUT2D eigenvalue weighted by Gasteiger charge is 2.34. The van der Waals surface area contributed by atoms with Crippen LogP contribution in [0.1, 0.15) is 13.3 Å². The maximum atomic E-state index is 9.81. The van der Waals surface area contributed by atoms with Gasteiger partial charge in [0.1, 0.15) is 5.44 Å². The zero-order valence-electron chi connectivity index (χ0n) is 9.11. The van der Waals surface area contributed by atoms with Crippen molar-refractivity contribution in [2.75, 3.05) is 0 Å².